The summed E-state index contributed by atoms with van der Waals surface area (Å²) in [7, 11) is 4.18. The molecule has 0 aromatic rings. The molecule has 3 heteroatoms. The summed E-state index contributed by atoms with van der Waals surface area (Å²) in [6.45, 7) is 13.6. The Balaban J connectivity index is 3.48. The van der Waals surface area contributed by atoms with Crippen LogP contribution in [0.1, 0.15) is 41.0 Å². The Labute approximate surface area is 102 Å². The monoisotopic (exact) mass is 230 g/mol. The van der Waals surface area contributed by atoms with Gasteiger partial charge in [0.05, 0.1) is 6.61 Å². The Bertz CT molecular complexity index is 183. The number of hydrogen-bond acceptors (Lipinski definition) is 3. The second kappa shape index (κ2) is 6.58. The van der Waals surface area contributed by atoms with Crippen molar-refractivity contribution in [2.75, 3.05) is 33.9 Å². The van der Waals surface area contributed by atoms with Gasteiger partial charge >= 0.3 is 0 Å². The van der Waals surface area contributed by atoms with Crippen molar-refractivity contribution in [3.05, 3.63) is 0 Å². The summed E-state index contributed by atoms with van der Waals surface area (Å²) in [5, 5.41) is 3.45. The van der Waals surface area contributed by atoms with Crippen molar-refractivity contribution in [3.63, 3.8) is 0 Å². The molecule has 0 amide bonds. The third-order valence-electron chi connectivity index (χ3n) is 2.79. The lowest BCUT2D eigenvalue weighted by Crippen LogP contribution is -2.42. The van der Waals surface area contributed by atoms with Crippen LogP contribution < -0.4 is 5.32 Å². The molecule has 16 heavy (non-hydrogen) atoms. The maximum absolute atomic E-state index is 5.69. The molecule has 0 aliphatic rings. The Kier molecular flexibility index (Phi) is 6.53. The molecule has 3 nitrogen and oxygen atoms in total. The lowest BCUT2D eigenvalue weighted by molar-refractivity contribution is 0.0349. The van der Waals surface area contributed by atoms with Gasteiger partial charge in [-0.15, -0.1) is 0 Å². The lowest BCUT2D eigenvalue weighted by Gasteiger charge is -2.32. The molecule has 0 rings (SSSR count). The molecule has 0 bridgehead atoms. The van der Waals surface area contributed by atoms with Crippen LogP contribution in [0.15, 0.2) is 0 Å². The molecular formula is C13H30N2O. The number of rotatable bonds is 7. The fourth-order valence-electron chi connectivity index (χ4n) is 1.09. The van der Waals surface area contributed by atoms with Crippen molar-refractivity contribution in [1.29, 1.82) is 0 Å². The van der Waals surface area contributed by atoms with Crippen LogP contribution in [0.25, 0.3) is 0 Å². The molecule has 0 aromatic carbocycles. The highest BCUT2D eigenvalue weighted by Gasteiger charge is 2.20. The minimum absolute atomic E-state index is 0.122. The third kappa shape index (κ3) is 8.08. The van der Waals surface area contributed by atoms with Gasteiger partial charge in [-0.1, -0.05) is 0 Å². The normalized spacial score (nSPS) is 13.5. The van der Waals surface area contributed by atoms with Crippen molar-refractivity contribution in [1.82, 2.24) is 10.2 Å². The van der Waals surface area contributed by atoms with E-state index in [9.17, 15) is 0 Å². The molecule has 0 unspecified atom stereocenters. The highest BCUT2D eigenvalue weighted by Crippen LogP contribution is 2.10. The molecule has 1 N–H and O–H groups in total. The Morgan fingerprint density at radius 1 is 1.06 bits per heavy atom. The molecule has 0 aromatic heterocycles. The van der Waals surface area contributed by atoms with E-state index in [0.717, 1.165) is 26.2 Å². The van der Waals surface area contributed by atoms with Gasteiger partial charge in [0.15, 0.2) is 0 Å². The Morgan fingerprint density at radius 3 is 2.06 bits per heavy atom. The van der Waals surface area contributed by atoms with Crippen LogP contribution in [-0.4, -0.2) is 49.8 Å². The second-order valence-corrected chi connectivity index (χ2v) is 6.29. The highest BCUT2D eigenvalue weighted by atomic mass is 16.5. The Morgan fingerprint density at radius 2 is 1.62 bits per heavy atom. The Hall–Kier alpha value is -0.120. The predicted octanol–water partition coefficient (Wildman–Crippen LogP) is 2.12. The van der Waals surface area contributed by atoms with E-state index in [2.05, 4.69) is 58.9 Å². The van der Waals surface area contributed by atoms with E-state index in [4.69, 9.17) is 4.74 Å². The molecule has 98 valence electrons. The van der Waals surface area contributed by atoms with Crippen molar-refractivity contribution < 1.29 is 4.74 Å². The molecule has 0 aliphatic heterocycles. The fraction of sp³-hybridized carbons (Fsp3) is 1.00. The predicted molar refractivity (Wildman–Crippen MR) is 71.0 cm³/mol. The van der Waals surface area contributed by atoms with Crippen LogP contribution in [0, 0.1) is 0 Å². The maximum atomic E-state index is 5.69. The van der Waals surface area contributed by atoms with Crippen molar-refractivity contribution in [2.24, 2.45) is 0 Å². The molecule has 0 radical (unpaired) electrons. The third-order valence-corrected chi connectivity index (χ3v) is 2.79. The molecule has 0 fully saturated rings. The van der Waals surface area contributed by atoms with E-state index >= 15 is 0 Å². The number of hydrogen-bond donors (Lipinski definition) is 1. The van der Waals surface area contributed by atoms with E-state index in [0.29, 0.717) is 0 Å². The van der Waals surface area contributed by atoms with E-state index in [1.54, 1.807) is 0 Å². The molecule has 0 saturated carbocycles. The van der Waals surface area contributed by atoms with Crippen LogP contribution in [0.5, 0.6) is 0 Å². The molecule has 0 heterocycles. The summed E-state index contributed by atoms with van der Waals surface area (Å²) in [5.41, 5.74) is 0.334. The van der Waals surface area contributed by atoms with Gasteiger partial charge in [-0.25, -0.2) is 0 Å². The summed E-state index contributed by atoms with van der Waals surface area (Å²) in [6.07, 6.45) is 1.07. The highest BCUT2D eigenvalue weighted by molar-refractivity contribution is 4.76. The summed E-state index contributed by atoms with van der Waals surface area (Å²) < 4.78 is 5.69. The first-order chi connectivity index (χ1) is 7.15. The topological polar surface area (TPSA) is 24.5 Å². The summed E-state index contributed by atoms with van der Waals surface area (Å²) in [5.74, 6) is 0. The van der Waals surface area contributed by atoms with Crippen molar-refractivity contribution in [3.8, 4) is 0 Å². The number of likely N-dealkylation sites (N-methyl/N-ethyl adjacent to an activating group) is 1. The zero-order chi connectivity index (χ0) is 12.8. The quantitative estimate of drug-likeness (QED) is 0.678. The molecule has 0 saturated heterocycles. The van der Waals surface area contributed by atoms with Gasteiger partial charge in [-0.2, -0.15) is 0 Å². The van der Waals surface area contributed by atoms with Crippen LogP contribution in [-0.2, 0) is 4.74 Å². The lowest BCUT2D eigenvalue weighted by atomic mass is 10.1. The van der Waals surface area contributed by atoms with Crippen molar-refractivity contribution in [2.45, 2.75) is 52.1 Å². The first-order valence-corrected chi connectivity index (χ1v) is 6.15. The zero-order valence-electron chi connectivity index (χ0n) is 12.2. The largest absolute Gasteiger partial charge is 0.379 e. The minimum Gasteiger partial charge on any atom is -0.379 e. The average Bonchev–Trinajstić information content (AvgIpc) is 2.09. The zero-order valence-corrected chi connectivity index (χ0v) is 12.2. The average molecular weight is 230 g/mol. The number of nitrogens with one attached hydrogen (secondary N) is 1. The maximum Gasteiger partial charge on any atom is 0.0644 e. The summed E-state index contributed by atoms with van der Waals surface area (Å²) in [6, 6.07) is 0. The van der Waals surface area contributed by atoms with E-state index in [1.807, 2.05) is 0 Å². The van der Waals surface area contributed by atoms with Crippen LogP contribution in [0.4, 0.5) is 0 Å². The smallest absolute Gasteiger partial charge is 0.0644 e. The van der Waals surface area contributed by atoms with E-state index in [1.165, 1.54) is 0 Å². The first-order valence-electron chi connectivity index (χ1n) is 6.15. The van der Waals surface area contributed by atoms with Crippen LogP contribution in [0.2, 0.25) is 0 Å². The second-order valence-electron chi connectivity index (χ2n) is 6.29. The first kappa shape index (κ1) is 15.9. The summed E-state index contributed by atoms with van der Waals surface area (Å²) >= 11 is 0. The van der Waals surface area contributed by atoms with Gasteiger partial charge in [0.2, 0.25) is 0 Å². The van der Waals surface area contributed by atoms with Crippen molar-refractivity contribution >= 4 is 0 Å². The molecule has 0 aliphatic carbocycles. The van der Waals surface area contributed by atoms with Gasteiger partial charge in [0, 0.05) is 17.7 Å². The molecular weight excluding hydrogens is 200 g/mol. The SMILES string of the molecule is CN(C)C(C)(C)COCCCNC(C)(C)C. The van der Waals surface area contributed by atoms with Gasteiger partial charge in [-0.3, -0.25) is 0 Å². The van der Waals surface area contributed by atoms with Crippen LogP contribution >= 0.6 is 0 Å². The van der Waals surface area contributed by atoms with Gasteiger partial charge in [-0.05, 0) is 61.7 Å². The number of ether oxygens (including phenoxy) is 1. The number of nitrogens with zero attached hydrogens (tertiary/aromatic N) is 1. The minimum atomic E-state index is 0.122. The van der Waals surface area contributed by atoms with Crippen LogP contribution in [0.3, 0.4) is 0 Å². The van der Waals surface area contributed by atoms with Gasteiger partial charge in [0.25, 0.3) is 0 Å². The molecule has 0 atom stereocenters. The fourth-order valence-corrected chi connectivity index (χ4v) is 1.09. The standard InChI is InChI=1S/C13H30N2O/c1-12(2,3)14-9-8-10-16-11-13(4,5)15(6)7/h14H,8-11H2,1-7H3. The molecule has 0 spiro atoms. The van der Waals surface area contributed by atoms with E-state index in [-0.39, 0.29) is 11.1 Å². The van der Waals surface area contributed by atoms with Gasteiger partial charge in [0.1, 0.15) is 0 Å². The van der Waals surface area contributed by atoms with Gasteiger partial charge < -0.3 is 15.0 Å². The van der Waals surface area contributed by atoms with E-state index < -0.39 is 0 Å². The summed E-state index contributed by atoms with van der Waals surface area (Å²) in [4.78, 5) is 2.19.